The molecule has 1 aromatic rings. The summed E-state index contributed by atoms with van der Waals surface area (Å²) in [5, 5.41) is 8.98. The third kappa shape index (κ3) is 1.22. The van der Waals surface area contributed by atoms with Crippen molar-refractivity contribution >= 4 is 13.4 Å². The Morgan fingerprint density at radius 2 is 2.22 bits per heavy atom. The van der Waals surface area contributed by atoms with E-state index in [2.05, 4.69) is 4.98 Å². The van der Waals surface area contributed by atoms with E-state index < -0.39 is 0 Å². The first-order chi connectivity index (χ1) is 4.20. The first-order valence-corrected chi connectivity index (χ1v) is 2.83. The van der Waals surface area contributed by atoms with Crippen molar-refractivity contribution in [1.29, 1.82) is 0 Å². The Morgan fingerprint density at radius 1 is 1.56 bits per heavy atom. The number of pyridine rings is 1. The summed E-state index contributed by atoms with van der Waals surface area (Å²) >= 11 is 0. The summed E-state index contributed by atoms with van der Waals surface area (Å²) in [6, 6.07) is 3.43. The van der Waals surface area contributed by atoms with Gasteiger partial charge >= 0.3 is 0 Å². The molecular weight excluding hydrogens is 113 g/mol. The van der Waals surface area contributed by atoms with Gasteiger partial charge in [-0.1, -0.05) is 0 Å². The number of aromatic hydroxyl groups is 1. The van der Waals surface area contributed by atoms with Crippen LogP contribution in [0.4, 0.5) is 0 Å². The minimum atomic E-state index is 0.264. The number of nitrogens with zero attached hydrogens (tertiary/aromatic N) is 1. The van der Waals surface area contributed by atoms with E-state index in [9.17, 15) is 0 Å². The molecule has 0 spiro atoms. The number of aryl methyl sites for hydroxylation is 1. The van der Waals surface area contributed by atoms with Gasteiger partial charge in [0.15, 0.2) is 7.85 Å². The molecule has 9 heavy (non-hydrogen) atoms. The highest BCUT2D eigenvalue weighted by Crippen LogP contribution is 2.00. The monoisotopic (exact) mass is 121 g/mol. The summed E-state index contributed by atoms with van der Waals surface area (Å²) in [5.74, 6) is 0.264. The second-order valence-corrected chi connectivity index (χ2v) is 2.06. The molecule has 46 valence electrons. The van der Waals surface area contributed by atoms with Crippen molar-refractivity contribution < 1.29 is 5.11 Å². The summed E-state index contributed by atoms with van der Waals surface area (Å²) in [5.41, 5.74) is 1.63. The van der Waals surface area contributed by atoms with Gasteiger partial charge in [-0.25, -0.2) is 0 Å². The van der Waals surface area contributed by atoms with Gasteiger partial charge in [0.1, 0.15) is 5.75 Å². The summed E-state index contributed by atoms with van der Waals surface area (Å²) in [6.07, 6.45) is 0. The molecule has 0 aromatic carbocycles. The van der Waals surface area contributed by atoms with Crippen molar-refractivity contribution in [3.05, 3.63) is 17.8 Å². The van der Waals surface area contributed by atoms with E-state index in [1.807, 2.05) is 6.92 Å². The van der Waals surface area contributed by atoms with Gasteiger partial charge in [-0.05, 0) is 19.1 Å². The zero-order valence-corrected chi connectivity index (χ0v) is 5.55. The minimum absolute atomic E-state index is 0.264. The number of hydrogen-bond donors (Lipinski definition) is 1. The normalized spacial score (nSPS) is 9.44. The lowest BCUT2D eigenvalue weighted by atomic mass is 10.0. The van der Waals surface area contributed by atoms with Gasteiger partial charge in [0, 0.05) is 11.3 Å². The van der Waals surface area contributed by atoms with Gasteiger partial charge in [0.05, 0.1) is 0 Å². The van der Waals surface area contributed by atoms with Crippen LogP contribution in [0.1, 0.15) is 5.69 Å². The van der Waals surface area contributed by atoms with Gasteiger partial charge in [-0.15, -0.1) is 0 Å². The van der Waals surface area contributed by atoms with Gasteiger partial charge in [0.25, 0.3) is 0 Å². The Morgan fingerprint density at radius 3 is 2.67 bits per heavy atom. The van der Waals surface area contributed by atoms with Gasteiger partial charge in [0.2, 0.25) is 0 Å². The van der Waals surface area contributed by atoms with Crippen molar-refractivity contribution in [3.63, 3.8) is 0 Å². The molecule has 0 saturated heterocycles. The maximum absolute atomic E-state index is 8.98. The molecule has 0 unspecified atom stereocenters. The van der Waals surface area contributed by atoms with Crippen molar-refractivity contribution in [2.75, 3.05) is 0 Å². The molecule has 0 aliphatic rings. The van der Waals surface area contributed by atoms with Crippen molar-refractivity contribution in [2.24, 2.45) is 0 Å². The van der Waals surface area contributed by atoms with Gasteiger partial charge < -0.3 is 5.11 Å². The zero-order valence-electron chi connectivity index (χ0n) is 5.55. The fourth-order valence-corrected chi connectivity index (χ4v) is 0.679. The molecule has 0 aliphatic carbocycles. The first kappa shape index (κ1) is 6.14. The average molecular weight is 121 g/mol. The van der Waals surface area contributed by atoms with Crippen molar-refractivity contribution in [1.82, 2.24) is 4.98 Å². The van der Waals surface area contributed by atoms with E-state index >= 15 is 0 Å². The molecule has 0 fully saturated rings. The van der Waals surface area contributed by atoms with Crippen LogP contribution in [0, 0.1) is 6.92 Å². The Bertz CT molecular complexity index is 224. The van der Waals surface area contributed by atoms with Crippen molar-refractivity contribution in [3.8, 4) is 5.75 Å². The molecule has 1 aromatic heterocycles. The molecule has 2 nitrogen and oxygen atoms in total. The Balaban J connectivity index is 3.17. The molecule has 0 aliphatic heterocycles. The largest absolute Gasteiger partial charge is 0.507 e. The summed E-state index contributed by atoms with van der Waals surface area (Å²) < 4.78 is 0. The fourth-order valence-electron chi connectivity index (χ4n) is 0.679. The fraction of sp³-hybridized carbons (Fsp3) is 0.167. The van der Waals surface area contributed by atoms with Crippen LogP contribution < -0.4 is 5.59 Å². The molecule has 0 saturated carbocycles. The molecule has 0 atom stereocenters. The molecule has 1 rings (SSSR count). The molecule has 0 bridgehead atoms. The van der Waals surface area contributed by atoms with E-state index in [4.69, 9.17) is 5.11 Å². The van der Waals surface area contributed by atoms with E-state index in [-0.39, 0.29) is 5.75 Å². The van der Waals surface area contributed by atoms with Crippen LogP contribution >= 0.6 is 0 Å². The molecule has 1 N–H and O–H groups in total. The third-order valence-corrected chi connectivity index (χ3v) is 1.20. The van der Waals surface area contributed by atoms with Crippen LogP contribution in [-0.4, -0.2) is 17.9 Å². The topological polar surface area (TPSA) is 33.1 Å². The van der Waals surface area contributed by atoms with E-state index in [1.165, 1.54) is 0 Å². The molecule has 0 radical (unpaired) electrons. The standard InChI is InChI=1S/C6H8BNO/c1-4-2-3-5(9)6(7)8-4/h2-3,9H,7H2,1H3. The van der Waals surface area contributed by atoms with Crippen LogP contribution in [0.5, 0.6) is 5.75 Å². The molecule has 3 heteroatoms. The SMILES string of the molecule is Bc1nc(C)ccc1O. The molecular formula is C6H8BNO. The van der Waals surface area contributed by atoms with Crippen molar-refractivity contribution in [2.45, 2.75) is 6.92 Å². The second kappa shape index (κ2) is 2.09. The smallest absolute Gasteiger partial charge is 0.168 e. The van der Waals surface area contributed by atoms with Crippen LogP contribution in [-0.2, 0) is 0 Å². The quantitative estimate of drug-likeness (QED) is 0.463. The predicted octanol–water partition coefficient (Wildman–Crippen LogP) is -0.646. The first-order valence-electron chi connectivity index (χ1n) is 2.83. The average Bonchev–Trinajstić information content (AvgIpc) is 1.80. The van der Waals surface area contributed by atoms with E-state index in [1.54, 1.807) is 20.0 Å². The number of hydrogen-bond acceptors (Lipinski definition) is 2. The summed E-state index contributed by atoms with van der Waals surface area (Å²) in [6.45, 7) is 1.90. The van der Waals surface area contributed by atoms with Crippen LogP contribution in [0.3, 0.4) is 0 Å². The Labute approximate surface area is 55.0 Å². The third-order valence-electron chi connectivity index (χ3n) is 1.20. The molecule has 0 amide bonds. The predicted molar refractivity (Wildman–Crippen MR) is 38.8 cm³/mol. The number of aromatic nitrogens is 1. The lowest BCUT2D eigenvalue weighted by Crippen LogP contribution is -2.08. The van der Waals surface area contributed by atoms with E-state index in [0.717, 1.165) is 5.69 Å². The highest BCUT2D eigenvalue weighted by Gasteiger charge is 1.93. The van der Waals surface area contributed by atoms with E-state index in [0.29, 0.717) is 5.59 Å². The van der Waals surface area contributed by atoms with Gasteiger partial charge in [-0.3, -0.25) is 4.98 Å². The number of rotatable bonds is 0. The lowest BCUT2D eigenvalue weighted by Gasteiger charge is -1.96. The summed E-state index contributed by atoms with van der Waals surface area (Å²) in [7, 11) is 1.78. The summed E-state index contributed by atoms with van der Waals surface area (Å²) in [4.78, 5) is 4.02. The van der Waals surface area contributed by atoms with Crippen LogP contribution in [0.15, 0.2) is 12.1 Å². The van der Waals surface area contributed by atoms with Crippen LogP contribution in [0.25, 0.3) is 0 Å². The second-order valence-electron chi connectivity index (χ2n) is 2.06. The Kier molecular flexibility index (Phi) is 1.43. The Hall–Kier alpha value is -0.985. The highest BCUT2D eigenvalue weighted by atomic mass is 16.3. The lowest BCUT2D eigenvalue weighted by molar-refractivity contribution is 0.477. The van der Waals surface area contributed by atoms with Gasteiger partial charge in [-0.2, -0.15) is 0 Å². The maximum Gasteiger partial charge on any atom is 0.168 e. The highest BCUT2D eigenvalue weighted by molar-refractivity contribution is 6.32. The zero-order chi connectivity index (χ0) is 6.85. The molecule has 1 heterocycles. The minimum Gasteiger partial charge on any atom is -0.507 e. The maximum atomic E-state index is 8.98. The van der Waals surface area contributed by atoms with Crippen LogP contribution in [0.2, 0.25) is 0 Å².